The molecule has 0 bridgehead atoms. The van der Waals surface area contributed by atoms with Crippen molar-refractivity contribution in [1.29, 1.82) is 0 Å². The van der Waals surface area contributed by atoms with E-state index in [2.05, 4.69) is 25.5 Å². The van der Waals surface area contributed by atoms with Crippen LogP contribution in [0.2, 0.25) is 0 Å². The van der Waals surface area contributed by atoms with Gasteiger partial charge in [-0.25, -0.2) is 0 Å². The molecule has 1 aromatic carbocycles. The van der Waals surface area contributed by atoms with Gasteiger partial charge in [0.2, 0.25) is 0 Å². The molecule has 0 unspecified atom stereocenters. The number of nitrogens with zero attached hydrogens (tertiary/aromatic N) is 3. The molecule has 0 heterocycles. The third-order valence-corrected chi connectivity index (χ3v) is 3.76. The summed E-state index contributed by atoms with van der Waals surface area (Å²) < 4.78 is 28.3. The van der Waals surface area contributed by atoms with E-state index in [0.29, 0.717) is 4.48 Å². The largest absolute Gasteiger partial charge is 0.321 e. The molecule has 0 aromatic heterocycles. The van der Waals surface area contributed by atoms with Crippen molar-refractivity contribution in [2.75, 3.05) is 35.2 Å². The van der Waals surface area contributed by atoms with Crippen molar-refractivity contribution >= 4 is 22.1 Å². The van der Waals surface area contributed by atoms with Gasteiger partial charge in [-0.15, -0.1) is 0 Å². The van der Waals surface area contributed by atoms with E-state index in [0.717, 1.165) is 15.6 Å². The van der Waals surface area contributed by atoms with Crippen LogP contribution in [0.4, 0.5) is 5.69 Å². The maximum Gasteiger partial charge on any atom is 0.321 e. The normalized spacial score (nSPS) is 13.4. The lowest BCUT2D eigenvalue weighted by Gasteiger charge is -2.23. The fourth-order valence-electron chi connectivity index (χ4n) is 1.23. The van der Waals surface area contributed by atoms with E-state index in [-0.39, 0.29) is 0 Å². The van der Waals surface area contributed by atoms with Crippen LogP contribution in [0.25, 0.3) is 0 Å². The van der Waals surface area contributed by atoms with E-state index in [1.54, 1.807) is 0 Å². The molecule has 0 fully saturated rings. The van der Waals surface area contributed by atoms with Crippen LogP contribution in [0.1, 0.15) is 5.56 Å². The van der Waals surface area contributed by atoms with Gasteiger partial charge in [0.15, 0.2) is 0 Å². The summed E-state index contributed by atoms with van der Waals surface area (Å²) in [5.41, 5.74) is 1.90. The minimum atomic E-state index is -3.54. The third-order valence-electron chi connectivity index (χ3n) is 2.46. The molecule has 0 saturated heterocycles. The Balaban J connectivity index is 2.92. The predicted molar refractivity (Wildman–Crippen MR) is 76.2 cm³/mol. The first-order valence-electron chi connectivity index (χ1n) is 5.53. The first kappa shape index (κ1) is 14.8. The smallest absolute Gasteiger partial charge is 0.298 e. The highest BCUT2D eigenvalue weighted by Crippen LogP contribution is 2.16. The molecule has 0 N–H and O–H groups in total. The Morgan fingerprint density at radius 1 is 1.11 bits per heavy atom. The lowest BCUT2D eigenvalue weighted by molar-refractivity contribution is 0.486. The van der Waals surface area contributed by atoms with E-state index < -0.39 is 10.2 Å². The van der Waals surface area contributed by atoms with Gasteiger partial charge in [-0.05, 0) is 29.8 Å². The Kier molecular flexibility index (Phi) is 4.26. The van der Waals surface area contributed by atoms with Gasteiger partial charge in [0.1, 0.15) is 5.69 Å². The highest BCUT2D eigenvalue weighted by atomic mass is 32.2. The number of hydrogen-bond acceptors (Lipinski definition) is 2. The van der Waals surface area contributed by atoms with Crippen LogP contribution < -0.4 is 4.48 Å². The highest BCUT2D eigenvalue weighted by Gasteiger charge is 2.11. The molecule has 0 atom stereocenters. The molecule has 0 amide bonds. The zero-order valence-corrected chi connectivity index (χ0v) is 12.3. The van der Waals surface area contributed by atoms with Crippen LogP contribution in [-0.2, 0) is 10.2 Å². The Hall–Kier alpha value is -1.24. The van der Waals surface area contributed by atoms with Gasteiger partial charge in [0.25, 0.3) is 0 Å². The molecule has 0 radical (unpaired) electrons. The average Bonchev–Trinajstić information content (AvgIpc) is 2.25. The van der Waals surface area contributed by atoms with Crippen molar-refractivity contribution in [3.05, 3.63) is 29.8 Å². The SMILES string of the molecule is CN(C)S(=O)(=O)N=Cc1ccc([N+](C)(C)C)cc1. The van der Waals surface area contributed by atoms with Crippen molar-refractivity contribution in [2.24, 2.45) is 4.40 Å². The standard InChI is InChI=1S/C12H20N3O2S/c1-14(2)18(16,17)13-10-11-6-8-12(9-7-11)15(3,4)5/h6-10H,1-5H3/q+1. The van der Waals surface area contributed by atoms with E-state index in [1.165, 1.54) is 20.3 Å². The summed E-state index contributed by atoms with van der Waals surface area (Å²) in [7, 11) is 5.57. The molecule has 6 heteroatoms. The summed E-state index contributed by atoms with van der Waals surface area (Å²) in [5.74, 6) is 0. The molecule has 0 saturated carbocycles. The molecule has 0 aliphatic rings. The van der Waals surface area contributed by atoms with Gasteiger partial charge in [0.05, 0.1) is 21.1 Å². The summed E-state index contributed by atoms with van der Waals surface area (Å²) in [6.45, 7) is 0. The van der Waals surface area contributed by atoms with E-state index in [9.17, 15) is 8.42 Å². The van der Waals surface area contributed by atoms with Gasteiger partial charge < -0.3 is 0 Å². The second-order valence-electron chi connectivity index (χ2n) is 5.10. The van der Waals surface area contributed by atoms with Crippen molar-refractivity contribution in [1.82, 2.24) is 8.79 Å². The van der Waals surface area contributed by atoms with E-state index in [4.69, 9.17) is 0 Å². The summed E-state index contributed by atoms with van der Waals surface area (Å²) in [5, 5.41) is 0. The zero-order chi connectivity index (χ0) is 14.0. The lowest BCUT2D eigenvalue weighted by atomic mass is 10.2. The van der Waals surface area contributed by atoms with Gasteiger partial charge in [-0.2, -0.15) is 17.1 Å². The van der Waals surface area contributed by atoms with Crippen LogP contribution in [0, 0.1) is 0 Å². The van der Waals surface area contributed by atoms with E-state index in [1.807, 2.05) is 24.3 Å². The quantitative estimate of drug-likeness (QED) is 0.608. The van der Waals surface area contributed by atoms with Crippen molar-refractivity contribution in [3.8, 4) is 0 Å². The molecule has 100 valence electrons. The van der Waals surface area contributed by atoms with Crippen LogP contribution in [0.5, 0.6) is 0 Å². The van der Waals surface area contributed by atoms with Crippen LogP contribution in [-0.4, -0.2) is 54.2 Å². The van der Waals surface area contributed by atoms with Crippen molar-refractivity contribution in [3.63, 3.8) is 0 Å². The first-order chi connectivity index (χ1) is 8.13. The number of hydrogen-bond donors (Lipinski definition) is 0. The van der Waals surface area contributed by atoms with E-state index >= 15 is 0 Å². The second kappa shape index (κ2) is 5.17. The summed E-state index contributed by atoms with van der Waals surface area (Å²) in [4.78, 5) is 0. The fraction of sp³-hybridized carbons (Fsp3) is 0.417. The molecular formula is C12H20N3O2S+. The number of rotatable bonds is 4. The average molecular weight is 270 g/mol. The van der Waals surface area contributed by atoms with Gasteiger partial charge >= 0.3 is 10.2 Å². The van der Waals surface area contributed by atoms with Gasteiger partial charge in [0, 0.05) is 20.3 Å². The summed E-state index contributed by atoms with van der Waals surface area (Å²) in [6, 6.07) is 7.63. The molecule has 18 heavy (non-hydrogen) atoms. The Morgan fingerprint density at radius 3 is 2.00 bits per heavy atom. The van der Waals surface area contributed by atoms with Crippen molar-refractivity contribution in [2.45, 2.75) is 0 Å². The minimum Gasteiger partial charge on any atom is -0.298 e. The molecule has 0 aliphatic carbocycles. The summed E-state index contributed by atoms with van der Waals surface area (Å²) >= 11 is 0. The molecule has 1 rings (SSSR count). The van der Waals surface area contributed by atoms with Crippen LogP contribution >= 0.6 is 0 Å². The third kappa shape index (κ3) is 3.90. The lowest BCUT2D eigenvalue weighted by Crippen LogP contribution is -2.34. The Morgan fingerprint density at radius 2 is 1.61 bits per heavy atom. The van der Waals surface area contributed by atoms with Crippen LogP contribution in [0.15, 0.2) is 28.7 Å². The summed E-state index contributed by atoms with van der Waals surface area (Å²) in [6.07, 6.45) is 1.36. The first-order valence-corrected chi connectivity index (χ1v) is 6.92. The zero-order valence-electron chi connectivity index (χ0n) is 11.5. The molecular weight excluding hydrogens is 250 g/mol. The number of benzene rings is 1. The monoisotopic (exact) mass is 270 g/mol. The topological polar surface area (TPSA) is 49.7 Å². The van der Waals surface area contributed by atoms with Gasteiger partial charge in [-0.1, -0.05) is 0 Å². The molecule has 0 aliphatic heterocycles. The Bertz CT molecular complexity index is 525. The Labute approximate surface area is 109 Å². The predicted octanol–water partition coefficient (Wildman–Crippen LogP) is 1.11. The van der Waals surface area contributed by atoms with Crippen LogP contribution in [0.3, 0.4) is 0 Å². The van der Waals surface area contributed by atoms with Gasteiger partial charge in [-0.3, -0.25) is 4.48 Å². The maximum absolute atomic E-state index is 11.5. The minimum absolute atomic E-state index is 0.716. The molecule has 1 aromatic rings. The maximum atomic E-state index is 11.5. The fourth-order valence-corrected chi connectivity index (χ4v) is 1.67. The molecule has 0 spiro atoms. The number of quaternary nitrogens is 1. The second-order valence-corrected chi connectivity index (χ2v) is 6.94. The highest BCUT2D eigenvalue weighted by molar-refractivity contribution is 7.87. The molecule has 5 nitrogen and oxygen atoms in total. The van der Waals surface area contributed by atoms with Crippen molar-refractivity contribution < 1.29 is 8.42 Å².